The fraction of sp³-hybridized carbons (Fsp3) is 0.364. The van der Waals surface area contributed by atoms with Crippen molar-refractivity contribution in [3.8, 4) is 0 Å². The highest BCUT2D eigenvalue weighted by atomic mass is 16.7. The summed E-state index contributed by atoms with van der Waals surface area (Å²) >= 11 is 0. The van der Waals surface area contributed by atoms with Gasteiger partial charge < -0.3 is 14.8 Å². The van der Waals surface area contributed by atoms with Gasteiger partial charge in [0.15, 0.2) is 0 Å². The van der Waals surface area contributed by atoms with Crippen molar-refractivity contribution in [2.24, 2.45) is 0 Å². The topological polar surface area (TPSA) is 64.6 Å². The molecule has 0 saturated heterocycles. The number of rotatable bonds is 7. The Bertz CT molecular complexity index is 833. The van der Waals surface area contributed by atoms with Gasteiger partial charge >= 0.3 is 11.9 Å². The molecule has 0 spiro atoms. The van der Waals surface area contributed by atoms with E-state index < -0.39 is 17.7 Å². The van der Waals surface area contributed by atoms with Crippen LogP contribution < -0.4 is 5.32 Å². The van der Waals surface area contributed by atoms with Crippen molar-refractivity contribution in [2.45, 2.75) is 44.9 Å². The van der Waals surface area contributed by atoms with Crippen molar-refractivity contribution in [2.75, 3.05) is 6.54 Å². The molecule has 1 heterocycles. The van der Waals surface area contributed by atoms with Crippen molar-refractivity contribution >= 4 is 22.7 Å². The summed E-state index contributed by atoms with van der Waals surface area (Å²) in [7, 11) is 0. The lowest BCUT2D eigenvalue weighted by atomic mass is 9.90. The average Bonchev–Trinajstić information content (AvgIpc) is 2.83. The summed E-state index contributed by atoms with van der Waals surface area (Å²) in [5.41, 5.74) is 0.674. The third-order valence-electron chi connectivity index (χ3n) is 4.70. The van der Waals surface area contributed by atoms with Crippen LogP contribution in [0.4, 0.5) is 0 Å². The van der Waals surface area contributed by atoms with E-state index in [2.05, 4.69) is 19.2 Å². The molecule has 3 rings (SSSR count). The highest BCUT2D eigenvalue weighted by Crippen LogP contribution is 2.39. The minimum Gasteiger partial charge on any atom is -0.413 e. The van der Waals surface area contributed by atoms with Crippen LogP contribution in [0.3, 0.4) is 0 Å². The van der Waals surface area contributed by atoms with Crippen LogP contribution in [0.5, 0.6) is 0 Å². The standard InChI is InChI=1S/C22H25NO4/c1-3-8-19(23-15-4-2)22(26-20(24)13-14-21(25)27-22)18-12-7-10-16-9-5-6-11-17(16)18/h5-7,9-14,19,23H,3-4,8,15H2,1-2H3. The lowest BCUT2D eigenvalue weighted by Gasteiger charge is -2.39. The molecule has 5 heteroatoms. The maximum absolute atomic E-state index is 12.4. The zero-order valence-electron chi connectivity index (χ0n) is 15.7. The summed E-state index contributed by atoms with van der Waals surface area (Å²) in [4.78, 5) is 24.7. The Labute approximate surface area is 159 Å². The Morgan fingerprint density at radius 3 is 2.26 bits per heavy atom. The Kier molecular flexibility index (Phi) is 5.91. The highest BCUT2D eigenvalue weighted by molar-refractivity contribution is 5.94. The largest absolute Gasteiger partial charge is 0.413 e. The van der Waals surface area contributed by atoms with Gasteiger partial charge in [-0.1, -0.05) is 62.7 Å². The van der Waals surface area contributed by atoms with Crippen LogP contribution in [0.2, 0.25) is 0 Å². The number of hydrogen-bond donors (Lipinski definition) is 1. The second-order valence-corrected chi connectivity index (χ2v) is 6.67. The van der Waals surface area contributed by atoms with E-state index in [1.165, 1.54) is 0 Å². The number of carbonyl (C=O) groups is 2. The van der Waals surface area contributed by atoms with E-state index in [1.807, 2.05) is 42.5 Å². The minimum absolute atomic E-state index is 0.360. The van der Waals surface area contributed by atoms with Gasteiger partial charge in [0, 0.05) is 17.7 Å². The SMILES string of the molecule is CCCNC(CCC)C1(c2cccc3ccccc23)OC(=O)C=CC(=O)O1. The number of carbonyl (C=O) groups excluding carboxylic acids is 2. The lowest BCUT2D eigenvalue weighted by molar-refractivity contribution is -0.238. The maximum Gasteiger partial charge on any atom is 0.334 e. The van der Waals surface area contributed by atoms with Gasteiger partial charge in [-0.05, 0) is 30.2 Å². The molecule has 0 aliphatic carbocycles. The van der Waals surface area contributed by atoms with Gasteiger partial charge in [-0.15, -0.1) is 0 Å². The molecule has 0 bridgehead atoms. The van der Waals surface area contributed by atoms with Crippen molar-refractivity contribution in [1.82, 2.24) is 5.32 Å². The summed E-state index contributed by atoms with van der Waals surface area (Å²) < 4.78 is 11.7. The first-order valence-electron chi connectivity index (χ1n) is 9.46. The first-order chi connectivity index (χ1) is 13.1. The van der Waals surface area contributed by atoms with Gasteiger partial charge in [0.2, 0.25) is 0 Å². The van der Waals surface area contributed by atoms with Crippen molar-refractivity contribution < 1.29 is 19.1 Å². The Morgan fingerprint density at radius 2 is 1.59 bits per heavy atom. The van der Waals surface area contributed by atoms with Gasteiger partial charge in [-0.3, -0.25) is 0 Å². The Morgan fingerprint density at radius 1 is 0.926 bits per heavy atom. The van der Waals surface area contributed by atoms with Crippen LogP contribution in [0, 0.1) is 0 Å². The molecule has 0 aromatic heterocycles. The van der Waals surface area contributed by atoms with Crippen LogP contribution in [0.25, 0.3) is 10.8 Å². The zero-order chi connectivity index (χ0) is 19.3. The smallest absolute Gasteiger partial charge is 0.334 e. The summed E-state index contributed by atoms with van der Waals surface area (Å²) in [6, 6.07) is 13.2. The lowest BCUT2D eigenvalue weighted by Crippen LogP contribution is -2.53. The van der Waals surface area contributed by atoms with Gasteiger partial charge in [-0.2, -0.15) is 0 Å². The molecule has 2 aromatic carbocycles. The van der Waals surface area contributed by atoms with Gasteiger partial charge in [-0.25, -0.2) is 9.59 Å². The number of fused-ring (bicyclic) bond motifs is 1. The Hall–Kier alpha value is -2.66. The average molecular weight is 367 g/mol. The van der Waals surface area contributed by atoms with E-state index in [0.29, 0.717) is 12.0 Å². The molecule has 0 fully saturated rings. The van der Waals surface area contributed by atoms with Crippen LogP contribution in [0.1, 0.15) is 38.7 Å². The quantitative estimate of drug-likeness (QED) is 0.754. The van der Waals surface area contributed by atoms with Crippen molar-refractivity contribution in [1.29, 1.82) is 0 Å². The van der Waals surface area contributed by atoms with Crippen LogP contribution in [0.15, 0.2) is 54.6 Å². The van der Waals surface area contributed by atoms with E-state index in [9.17, 15) is 9.59 Å². The minimum atomic E-state index is -1.52. The van der Waals surface area contributed by atoms with Crippen LogP contribution >= 0.6 is 0 Å². The van der Waals surface area contributed by atoms with Crippen molar-refractivity contribution in [3.63, 3.8) is 0 Å². The molecule has 0 radical (unpaired) electrons. The van der Waals surface area contributed by atoms with E-state index >= 15 is 0 Å². The molecule has 2 aromatic rings. The van der Waals surface area contributed by atoms with Crippen LogP contribution in [-0.2, 0) is 24.8 Å². The highest BCUT2D eigenvalue weighted by Gasteiger charge is 2.49. The molecule has 5 nitrogen and oxygen atoms in total. The van der Waals surface area contributed by atoms with Crippen molar-refractivity contribution in [3.05, 3.63) is 60.2 Å². The number of cyclic esters (lactones) is 2. The number of esters is 2. The van der Waals surface area contributed by atoms with E-state index in [1.54, 1.807) is 0 Å². The summed E-state index contributed by atoms with van der Waals surface area (Å²) in [6.07, 6.45) is 4.68. The summed E-state index contributed by atoms with van der Waals surface area (Å²) in [6.45, 7) is 4.84. The summed E-state index contributed by atoms with van der Waals surface area (Å²) in [5.74, 6) is -2.70. The molecule has 1 N–H and O–H groups in total. The van der Waals surface area contributed by atoms with Gasteiger partial charge in [0.1, 0.15) is 0 Å². The fourth-order valence-electron chi connectivity index (χ4n) is 3.53. The maximum atomic E-state index is 12.4. The molecule has 1 unspecified atom stereocenters. The first kappa shape index (κ1) is 19.1. The fourth-order valence-corrected chi connectivity index (χ4v) is 3.53. The second-order valence-electron chi connectivity index (χ2n) is 6.67. The van der Waals surface area contributed by atoms with E-state index in [-0.39, 0.29) is 6.04 Å². The normalized spacial score (nSPS) is 17.3. The second kappa shape index (κ2) is 8.35. The third-order valence-corrected chi connectivity index (χ3v) is 4.70. The molecular formula is C22H25NO4. The molecule has 27 heavy (non-hydrogen) atoms. The van der Waals surface area contributed by atoms with Gasteiger partial charge in [0.25, 0.3) is 5.79 Å². The monoisotopic (exact) mass is 367 g/mol. The Balaban J connectivity index is 2.22. The molecule has 1 aliphatic rings. The molecular weight excluding hydrogens is 342 g/mol. The van der Waals surface area contributed by atoms with E-state index in [4.69, 9.17) is 9.47 Å². The van der Waals surface area contributed by atoms with Crippen LogP contribution in [-0.4, -0.2) is 24.5 Å². The van der Waals surface area contributed by atoms with Gasteiger partial charge in [0.05, 0.1) is 6.04 Å². The first-order valence-corrected chi connectivity index (χ1v) is 9.46. The zero-order valence-corrected chi connectivity index (χ0v) is 15.7. The molecule has 142 valence electrons. The predicted octanol–water partition coefficient (Wildman–Crippen LogP) is 3.82. The molecule has 1 aliphatic heterocycles. The number of benzene rings is 2. The summed E-state index contributed by atoms with van der Waals surface area (Å²) in [5, 5.41) is 5.31. The van der Waals surface area contributed by atoms with E-state index in [0.717, 1.165) is 42.3 Å². The molecule has 0 saturated carbocycles. The number of nitrogens with one attached hydrogen (secondary N) is 1. The molecule has 0 amide bonds. The predicted molar refractivity (Wildman–Crippen MR) is 104 cm³/mol. The molecule has 1 atom stereocenters. The number of hydrogen-bond acceptors (Lipinski definition) is 5. The third kappa shape index (κ3) is 3.88. The number of ether oxygens (including phenoxy) is 2.